The predicted octanol–water partition coefficient (Wildman–Crippen LogP) is 1.65. The van der Waals surface area contributed by atoms with E-state index in [1.54, 1.807) is 0 Å². The standard InChI is InChI=1S/C10H18O2/c1-2-3-4-5-6-7-8-9-10(11)12/h6-7H,2-5,8-9H2,1H3,(H,11,12)/p-1/b7-6+. The molecule has 0 aliphatic rings. The number of carbonyl (C=O) groups is 1. The first-order valence-corrected chi connectivity index (χ1v) is 4.62. The van der Waals surface area contributed by atoms with Gasteiger partial charge >= 0.3 is 0 Å². The SMILES string of the molecule is CCCCC/C=C/CCC(=O)[O-]. The van der Waals surface area contributed by atoms with Gasteiger partial charge in [0.2, 0.25) is 0 Å². The van der Waals surface area contributed by atoms with Crippen molar-refractivity contribution in [3.63, 3.8) is 0 Å². The van der Waals surface area contributed by atoms with E-state index in [4.69, 9.17) is 0 Å². The monoisotopic (exact) mass is 169 g/mol. The van der Waals surface area contributed by atoms with Crippen LogP contribution in [-0.4, -0.2) is 5.97 Å². The van der Waals surface area contributed by atoms with E-state index in [0.717, 1.165) is 6.42 Å². The zero-order valence-corrected chi connectivity index (χ0v) is 7.71. The van der Waals surface area contributed by atoms with E-state index in [2.05, 4.69) is 13.0 Å². The van der Waals surface area contributed by atoms with Gasteiger partial charge < -0.3 is 9.90 Å². The molecular formula is C10H17O2-. The van der Waals surface area contributed by atoms with Crippen LogP contribution in [-0.2, 0) is 4.79 Å². The van der Waals surface area contributed by atoms with Gasteiger partial charge in [0.1, 0.15) is 0 Å². The third-order valence-corrected chi connectivity index (χ3v) is 1.66. The van der Waals surface area contributed by atoms with Gasteiger partial charge in [-0.1, -0.05) is 31.9 Å². The Morgan fingerprint density at radius 2 is 1.92 bits per heavy atom. The molecular weight excluding hydrogens is 152 g/mol. The molecule has 70 valence electrons. The highest BCUT2D eigenvalue weighted by molar-refractivity contribution is 5.64. The van der Waals surface area contributed by atoms with Gasteiger partial charge in [0.25, 0.3) is 0 Å². The summed E-state index contributed by atoms with van der Waals surface area (Å²) in [6.45, 7) is 2.17. The second-order valence-corrected chi connectivity index (χ2v) is 2.88. The molecule has 2 heteroatoms. The molecule has 0 unspecified atom stereocenters. The van der Waals surface area contributed by atoms with Crippen molar-refractivity contribution < 1.29 is 9.90 Å². The number of carbonyl (C=O) groups excluding carboxylic acids is 1. The van der Waals surface area contributed by atoms with Crippen LogP contribution in [0.3, 0.4) is 0 Å². The number of rotatable bonds is 7. The summed E-state index contributed by atoms with van der Waals surface area (Å²) >= 11 is 0. The number of aliphatic carboxylic acids is 1. The molecule has 0 aromatic carbocycles. The molecule has 0 radical (unpaired) electrons. The van der Waals surface area contributed by atoms with Crippen molar-refractivity contribution in [3.05, 3.63) is 12.2 Å². The van der Waals surface area contributed by atoms with Crippen LogP contribution in [0.2, 0.25) is 0 Å². The fourth-order valence-electron chi connectivity index (χ4n) is 0.949. The van der Waals surface area contributed by atoms with Crippen LogP contribution in [0.25, 0.3) is 0 Å². The largest absolute Gasteiger partial charge is 0.550 e. The van der Waals surface area contributed by atoms with Crippen molar-refractivity contribution in [2.24, 2.45) is 0 Å². The second-order valence-electron chi connectivity index (χ2n) is 2.88. The van der Waals surface area contributed by atoms with E-state index in [1.165, 1.54) is 19.3 Å². The summed E-state index contributed by atoms with van der Waals surface area (Å²) in [7, 11) is 0. The van der Waals surface area contributed by atoms with Gasteiger partial charge in [-0.3, -0.25) is 0 Å². The highest BCUT2D eigenvalue weighted by Gasteiger charge is 1.83. The smallest absolute Gasteiger partial charge is 0.0417 e. The van der Waals surface area contributed by atoms with Crippen molar-refractivity contribution in [1.82, 2.24) is 0 Å². The number of hydrogen-bond acceptors (Lipinski definition) is 2. The van der Waals surface area contributed by atoms with Crippen molar-refractivity contribution in [3.8, 4) is 0 Å². The average molecular weight is 169 g/mol. The highest BCUT2D eigenvalue weighted by Crippen LogP contribution is 2.00. The van der Waals surface area contributed by atoms with Gasteiger partial charge in [0.15, 0.2) is 0 Å². The van der Waals surface area contributed by atoms with Crippen LogP contribution >= 0.6 is 0 Å². The fourth-order valence-corrected chi connectivity index (χ4v) is 0.949. The number of carboxylic acid groups (broad SMARTS) is 1. The lowest BCUT2D eigenvalue weighted by Gasteiger charge is -1.96. The highest BCUT2D eigenvalue weighted by atomic mass is 16.4. The minimum absolute atomic E-state index is 0.143. The topological polar surface area (TPSA) is 40.1 Å². The Kier molecular flexibility index (Phi) is 7.76. The molecule has 0 bridgehead atoms. The predicted molar refractivity (Wildman–Crippen MR) is 47.5 cm³/mol. The molecule has 0 aromatic rings. The lowest BCUT2D eigenvalue weighted by atomic mass is 10.2. The number of carboxylic acids is 1. The zero-order valence-electron chi connectivity index (χ0n) is 7.71. The normalized spacial score (nSPS) is 10.8. The van der Waals surface area contributed by atoms with Crippen LogP contribution < -0.4 is 5.11 Å². The molecule has 0 aliphatic heterocycles. The molecule has 0 fully saturated rings. The van der Waals surface area contributed by atoms with Gasteiger partial charge in [-0.2, -0.15) is 0 Å². The zero-order chi connectivity index (χ0) is 9.23. The Labute approximate surface area is 74.3 Å². The number of hydrogen-bond donors (Lipinski definition) is 0. The Hall–Kier alpha value is -0.790. The summed E-state index contributed by atoms with van der Waals surface area (Å²) in [4.78, 5) is 9.99. The van der Waals surface area contributed by atoms with E-state index in [1.807, 2.05) is 6.08 Å². The third-order valence-electron chi connectivity index (χ3n) is 1.66. The summed E-state index contributed by atoms with van der Waals surface area (Å²) in [5.74, 6) is -0.965. The van der Waals surface area contributed by atoms with Crippen LogP contribution in [0.15, 0.2) is 12.2 Å². The lowest BCUT2D eigenvalue weighted by molar-refractivity contribution is -0.305. The Morgan fingerprint density at radius 3 is 2.50 bits per heavy atom. The van der Waals surface area contributed by atoms with Gasteiger partial charge in [-0.15, -0.1) is 0 Å². The first kappa shape index (κ1) is 11.2. The fraction of sp³-hybridized carbons (Fsp3) is 0.700. The number of unbranched alkanes of at least 4 members (excludes halogenated alkanes) is 3. The van der Waals surface area contributed by atoms with Crippen molar-refractivity contribution in [2.45, 2.75) is 45.4 Å². The van der Waals surface area contributed by atoms with E-state index in [-0.39, 0.29) is 6.42 Å². The quantitative estimate of drug-likeness (QED) is 0.429. The maximum Gasteiger partial charge on any atom is 0.0417 e. The van der Waals surface area contributed by atoms with Crippen molar-refractivity contribution in [2.75, 3.05) is 0 Å². The average Bonchev–Trinajstić information content (AvgIpc) is 2.02. The molecule has 0 rings (SSSR count). The summed E-state index contributed by atoms with van der Waals surface area (Å²) in [5, 5.41) is 9.99. The van der Waals surface area contributed by atoms with E-state index >= 15 is 0 Å². The molecule has 0 atom stereocenters. The molecule has 0 saturated carbocycles. The van der Waals surface area contributed by atoms with Crippen LogP contribution in [0.5, 0.6) is 0 Å². The van der Waals surface area contributed by atoms with Crippen molar-refractivity contribution in [1.29, 1.82) is 0 Å². The summed E-state index contributed by atoms with van der Waals surface area (Å²) in [5.41, 5.74) is 0. The minimum atomic E-state index is -0.965. The molecule has 2 nitrogen and oxygen atoms in total. The first-order chi connectivity index (χ1) is 5.77. The summed E-state index contributed by atoms with van der Waals surface area (Å²) in [6.07, 6.45) is 9.49. The first-order valence-electron chi connectivity index (χ1n) is 4.62. The molecule has 0 saturated heterocycles. The Morgan fingerprint density at radius 1 is 1.25 bits per heavy atom. The van der Waals surface area contributed by atoms with E-state index in [9.17, 15) is 9.90 Å². The molecule has 0 spiro atoms. The number of allylic oxidation sites excluding steroid dienone is 2. The molecule has 12 heavy (non-hydrogen) atoms. The maximum atomic E-state index is 9.99. The van der Waals surface area contributed by atoms with E-state index in [0.29, 0.717) is 6.42 Å². The minimum Gasteiger partial charge on any atom is -0.550 e. The molecule has 0 heterocycles. The Balaban J connectivity index is 3.09. The maximum absolute atomic E-state index is 9.99. The third kappa shape index (κ3) is 9.21. The van der Waals surface area contributed by atoms with Crippen LogP contribution in [0.4, 0.5) is 0 Å². The molecule has 0 aromatic heterocycles. The lowest BCUT2D eigenvalue weighted by Crippen LogP contribution is -2.21. The summed E-state index contributed by atoms with van der Waals surface area (Å²) < 4.78 is 0. The Bertz CT molecular complexity index is 139. The van der Waals surface area contributed by atoms with Crippen LogP contribution in [0.1, 0.15) is 45.4 Å². The molecule has 0 N–H and O–H groups in total. The van der Waals surface area contributed by atoms with E-state index < -0.39 is 5.97 Å². The van der Waals surface area contributed by atoms with Gasteiger partial charge in [-0.05, 0) is 25.7 Å². The van der Waals surface area contributed by atoms with Crippen molar-refractivity contribution >= 4 is 5.97 Å². The van der Waals surface area contributed by atoms with Gasteiger partial charge in [0.05, 0.1) is 0 Å². The molecule has 0 amide bonds. The second kappa shape index (κ2) is 8.31. The van der Waals surface area contributed by atoms with Gasteiger partial charge in [-0.25, -0.2) is 0 Å². The molecule has 0 aliphatic carbocycles. The summed E-state index contributed by atoms with van der Waals surface area (Å²) in [6, 6.07) is 0. The van der Waals surface area contributed by atoms with Crippen LogP contribution in [0, 0.1) is 0 Å². The van der Waals surface area contributed by atoms with Gasteiger partial charge in [0, 0.05) is 5.97 Å².